The number of H-pyrrole nitrogens is 1. The molecule has 108 valence electrons. The van der Waals surface area contributed by atoms with Crippen molar-refractivity contribution in [2.45, 2.75) is 45.4 Å². The number of aromatic amines is 1. The summed E-state index contributed by atoms with van der Waals surface area (Å²) in [5.74, 6) is 0.707. The summed E-state index contributed by atoms with van der Waals surface area (Å²) in [5, 5.41) is 9.57. The maximum absolute atomic E-state index is 11.8. The molecule has 0 unspecified atom stereocenters. The van der Waals surface area contributed by atoms with Crippen LogP contribution in [0.4, 0.5) is 0 Å². The molecule has 0 aromatic carbocycles. The minimum absolute atomic E-state index is 0.133. The van der Waals surface area contributed by atoms with E-state index in [9.17, 15) is 4.79 Å². The van der Waals surface area contributed by atoms with Crippen LogP contribution in [0.1, 0.15) is 56.5 Å². The molecule has 0 aliphatic heterocycles. The molecule has 0 radical (unpaired) electrons. The van der Waals surface area contributed by atoms with E-state index in [1.54, 1.807) is 7.11 Å². The number of hydrogen-bond acceptors (Lipinski definition) is 4. The predicted octanol–water partition coefficient (Wildman–Crippen LogP) is 1.65. The van der Waals surface area contributed by atoms with E-state index in [2.05, 4.69) is 20.5 Å². The molecule has 0 aliphatic carbocycles. The molecule has 1 amide bonds. The van der Waals surface area contributed by atoms with Crippen molar-refractivity contribution in [3.05, 3.63) is 11.6 Å². The number of carbonyl (C=O) groups excluding carboxylic acids is 1. The van der Waals surface area contributed by atoms with Crippen molar-refractivity contribution in [3.8, 4) is 0 Å². The van der Waals surface area contributed by atoms with E-state index in [-0.39, 0.29) is 17.1 Å². The number of hydrogen-bond donors (Lipinski definition) is 2. The van der Waals surface area contributed by atoms with Crippen molar-refractivity contribution in [1.29, 1.82) is 0 Å². The summed E-state index contributed by atoms with van der Waals surface area (Å²) in [5.41, 5.74) is -0.133. The third-order valence-electron chi connectivity index (χ3n) is 2.71. The van der Waals surface area contributed by atoms with Gasteiger partial charge in [0, 0.05) is 25.7 Å². The first-order chi connectivity index (χ1) is 8.95. The fourth-order valence-electron chi connectivity index (χ4n) is 1.53. The van der Waals surface area contributed by atoms with Crippen LogP contribution >= 0.6 is 0 Å². The number of unbranched alkanes of at least 4 members (excludes halogenated alkanes) is 2. The van der Waals surface area contributed by atoms with Crippen LogP contribution in [0.3, 0.4) is 0 Å². The van der Waals surface area contributed by atoms with Gasteiger partial charge in [-0.15, -0.1) is 5.10 Å². The number of aromatic nitrogens is 3. The van der Waals surface area contributed by atoms with E-state index in [4.69, 9.17) is 4.74 Å². The molecular weight excluding hydrogens is 244 g/mol. The van der Waals surface area contributed by atoms with Crippen molar-refractivity contribution in [2.24, 2.45) is 0 Å². The van der Waals surface area contributed by atoms with Crippen LogP contribution in [0.5, 0.6) is 0 Å². The summed E-state index contributed by atoms with van der Waals surface area (Å²) in [4.78, 5) is 16.0. The number of nitrogens with one attached hydrogen (secondary N) is 2. The van der Waals surface area contributed by atoms with Gasteiger partial charge < -0.3 is 10.1 Å². The molecule has 1 aromatic rings. The minimum atomic E-state index is -0.224. The third kappa shape index (κ3) is 5.38. The fraction of sp³-hybridized carbons (Fsp3) is 0.769. The Kier molecular flexibility index (Phi) is 5.95. The number of ether oxygens (including phenoxy) is 1. The molecule has 0 fully saturated rings. The van der Waals surface area contributed by atoms with Crippen LogP contribution in [-0.4, -0.2) is 41.3 Å². The molecule has 0 atom stereocenters. The Morgan fingerprint density at radius 1 is 1.32 bits per heavy atom. The highest BCUT2D eigenvalue weighted by molar-refractivity contribution is 5.90. The van der Waals surface area contributed by atoms with Gasteiger partial charge in [0.2, 0.25) is 5.82 Å². The predicted molar refractivity (Wildman–Crippen MR) is 73.1 cm³/mol. The first kappa shape index (κ1) is 15.6. The van der Waals surface area contributed by atoms with Gasteiger partial charge in [-0.25, -0.2) is 4.98 Å². The number of carbonyl (C=O) groups is 1. The zero-order chi connectivity index (χ0) is 14.3. The van der Waals surface area contributed by atoms with Crippen molar-refractivity contribution in [1.82, 2.24) is 20.5 Å². The topological polar surface area (TPSA) is 79.9 Å². The first-order valence-electron chi connectivity index (χ1n) is 6.65. The number of amides is 1. The third-order valence-corrected chi connectivity index (χ3v) is 2.71. The van der Waals surface area contributed by atoms with Gasteiger partial charge >= 0.3 is 0 Å². The second kappa shape index (κ2) is 7.23. The Balaban J connectivity index is 2.32. The highest BCUT2D eigenvalue weighted by atomic mass is 16.5. The second-order valence-electron chi connectivity index (χ2n) is 5.57. The van der Waals surface area contributed by atoms with Gasteiger partial charge in [0.1, 0.15) is 5.82 Å². The van der Waals surface area contributed by atoms with E-state index < -0.39 is 0 Å². The lowest BCUT2D eigenvalue weighted by Crippen LogP contribution is -2.25. The Hall–Kier alpha value is -1.43. The molecule has 2 N–H and O–H groups in total. The molecule has 0 aliphatic rings. The maximum Gasteiger partial charge on any atom is 0.290 e. The average molecular weight is 268 g/mol. The molecule has 19 heavy (non-hydrogen) atoms. The van der Waals surface area contributed by atoms with Crippen LogP contribution in [0.25, 0.3) is 0 Å². The van der Waals surface area contributed by atoms with Gasteiger partial charge in [0.05, 0.1) is 0 Å². The molecule has 1 rings (SSSR count). The lowest BCUT2D eigenvalue weighted by atomic mass is 9.96. The van der Waals surface area contributed by atoms with Gasteiger partial charge in [-0.2, -0.15) is 0 Å². The smallest absolute Gasteiger partial charge is 0.290 e. The van der Waals surface area contributed by atoms with E-state index in [1.807, 2.05) is 20.8 Å². The average Bonchev–Trinajstić information content (AvgIpc) is 2.82. The van der Waals surface area contributed by atoms with Crippen molar-refractivity contribution in [2.75, 3.05) is 20.3 Å². The summed E-state index contributed by atoms with van der Waals surface area (Å²) in [6.45, 7) is 7.47. The monoisotopic (exact) mass is 268 g/mol. The molecule has 6 heteroatoms. The zero-order valence-electron chi connectivity index (χ0n) is 12.2. The van der Waals surface area contributed by atoms with Crippen LogP contribution in [-0.2, 0) is 10.2 Å². The molecular formula is C13H24N4O2. The molecule has 6 nitrogen and oxygen atoms in total. The van der Waals surface area contributed by atoms with E-state index >= 15 is 0 Å². The fourth-order valence-corrected chi connectivity index (χ4v) is 1.53. The normalized spacial score (nSPS) is 11.6. The van der Waals surface area contributed by atoms with Crippen LogP contribution < -0.4 is 5.32 Å². The van der Waals surface area contributed by atoms with Crippen LogP contribution in [0.2, 0.25) is 0 Å². The van der Waals surface area contributed by atoms with Gasteiger partial charge in [-0.1, -0.05) is 20.8 Å². The lowest BCUT2D eigenvalue weighted by Gasteiger charge is -2.12. The largest absolute Gasteiger partial charge is 0.385 e. The summed E-state index contributed by atoms with van der Waals surface area (Å²) in [6.07, 6.45) is 2.99. The minimum Gasteiger partial charge on any atom is -0.385 e. The summed E-state index contributed by atoms with van der Waals surface area (Å²) >= 11 is 0. The Labute approximate surface area is 114 Å². The zero-order valence-corrected chi connectivity index (χ0v) is 12.2. The molecule has 1 heterocycles. The van der Waals surface area contributed by atoms with Gasteiger partial charge in [-0.05, 0) is 19.3 Å². The highest BCUT2D eigenvalue weighted by Gasteiger charge is 2.20. The number of nitrogens with zero attached hydrogens (tertiary/aromatic N) is 2. The van der Waals surface area contributed by atoms with Gasteiger partial charge in [0.15, 0.2) is 0 Å². The lowest BCUT2D eigenvalue weighted by molar-refractivity contribution is 0.0942. The van der Waals surface area contributed by atoms with Gasteiger partial charge in [-0.3, -0.25) is 9.89 Å². The van der Waals surface area contributed by atoms with E-state index in [1.165, 1.54) is 0 Å². The molecule has 0 bridgehead atoms. The van der Waals surface area contributed by atoms with Crippen molar-refractivity contribution < 1.29 is 9.53 Å². The summed E-state index contributed by atoms with van der Waals surface area (Å²) < 4.78 is 4.96. The van der Waals surface area contributed by atoms with Crippen LogP contribution in [0.15, 0.2) is 0 Å². The number of rotatable bonds is 7. The van der Waals surface area contributed by atoms with Crippen molar-refractivity contribution in [3.63, 3.8) is 0 Å². The van der Waals surface area contributed by atoms with Crippen LogP contribution in [0, 0.1) is 0 Å². The quantitative estimate of drug-likeness (QED) is 0.737. The highest BCUT2D eigenvalue weighted by Crippen LogP contribution is 2.17. The SMILES string of the molecule is COCCCCCNC(=O)c1n[nH]c(C(C)(C)C)n1. The molecule has 0 spiro atoms. The Morgan fingerprint density at radius 2 is 2.05 bits per heavy atom. The van der Waals surface area contributed by atoms with E-state index in [0.717, 1.165) is 31.7 Å². The Bertz CT molecular complexity index is 396. The maximum atomic E-state index is 11.8. The molecule has 1 aromatic heterocycles. The Morgan fingerprint density at radius 3 is 2.63 bits per heavy atom. The first-order valence-corrected chi connectivity index (χ1v) is 6.65. The van der Waals surface area contributed by atoms with Gasteiger partial charge in [0.25, 0.3) is 5.91 Å². The molecule has 0 saturated carbocycles. The second-order valence-corrected chi connectivity index (χ2v) is 5.57. The number of methoxy groups -OCH3 is 1. The summed E-state index contributed by atoms with van der Waals surface area (Å²) in [6, 6.07) is 0. The molecule has 0 saturated heterocycles. The van der Waals surface area contributed by atoms with Crippen molar-refractivity contribution >= 4 is 5.91 Å². The summed E-state index contributed by atoms with van der Waals surface area (Å²) in [7, 11) is 1.69. The van der Waals surface area contributed by atoms with E-state index in [0.29, 0.717) is 6.54 Å². The standard InChI is InChI=1S/C13H24N4O2/c1-13(2,3)12-15-10(16-17-12)11(18)14-8-6-5-7-9-19-4/h5-9H2,1-4H3,(H,14,18)(H,15,16,17).